The first kappa shape index (κ1) is 29.6. The Hall–Kier alpha value is -3.19. The maximum absolute atomic E-state index is 10.0. The van der Waals surface area contributed by atoms with E-state index in [1.165, 1.54) is 7.05 Å². The second-order valence-corrected chi connectivity index (χ2v) is 6.35. The molecule has 0 aliphatic rings. The topological polar surface area (TPSA) is 225 Å². The lowest BCUT2D eigenvalue weighted by Gasteiger charge is -2.26. The number of carbonyl (C=O) groups excluding carboxylic acids is 1. The Labute approximate surface area is 162 Å². The smallest absolute Gasteiger partial charge is 0.328 e. The van der Waals surface area contributed by atoms with Crippen LogP contribution in [0.5, 0.6) is 0 Å². The molecule has 0 saturated carbocycles. The van der Waals surface area contributed by atoms with Gasteiger partial charge in [-0.2, -0.15) is 0 Å². The largest absolute Gasteiger partial charge is 0.550 e. The zero-order valence-corrected chi connectivity index (χ0v) is 16.2. The van der Waals surface area contributed by atoms with Crippen LogP contribution in [0.3, 0.4) is 0 Å². The molecule has 0 aromatic carbocycles. The zero-order chi connectivity index (χ0) is 23.1. The number of guanidine groups is 1. The third-order valence-corrected chi connectivity index (χ3v) is 2.31. The Kier molecular flexibility index (Phi) is 15.8. The summed E-state index contributed by atoms with van der Waals surface area (Å²) in [7, 11) is 7.10. The molecule has 0 rings (SSSR count). The van der Waals surface area contributed by atoms with Crippen molar-refractivity contribution in [3.8, 4) is 0 Å². The summed E-state index contributed by atoms with van der Waals surface area (Å²) >= 11 is 0. The summed E-state index contributed by atoms with van der Waals surface area (Å²) in [6.45, 7) is 0.198. The molecule has 0 saturated heterocycles. The second kappa shape index (κ2) is 14.9. The number of aliphatic carboxylic acids is 4. The van der Waals surface area contributed by atoms with Crippen LogP contribution >= 0.6 is 0 Å². The quantitative estimate of drug-likeness (QED) is 0.101. The van der Waals surface area contributed by atoms with Gasteiger partial charge in [-0.15, -0.1) is 0 Å². The van der Waals surface area contributed by atoms with E-state index in [4.69, 9.17) is 31.6 Å². The van der Waals surface area contributed by atoms with Gasteiger partial charge in [0.05, 0.1) is 21.1 Å². The molecule has 13 nitrogen and oxygen atoms in total. The molecule has 0 radical (unpaired) electrons. The number of nitrogens with zero attached hydrogens (tertiary/aromatic N) is 2. The number of aliphatic hydroxyl groups excluding tert-OH is 1. The highest BCUT2D eigenvalue weighted by Crippen LogP contribution is 1.97. The summed E-state index contributed by atoms with van der Waals surface area (Å²) in [5.41, 5.74) is 4.93. The molecule has 0 spiro atoms. The van der Waals surface area contributed by atoms with E-state index in [-0.39, 0.29) is 18.9 Å². The minimum Gasteiger partial charge on any atom is -0.550 e. The fourth-order valence-electron chi connectivity index (χ4n) is 1.32. The summed E-state index contributed by atoms with van der Waals surface area (Å²) in [4.78, 5) is 40.2. The van der Waals surface area contributed by atoms with Gasteiger partial charge < -0.3 is 45.4 Å². The molecule has 28 heavy (non-hydrogen) atoms. The molecular weight excluding hydrogens is 380 g/mol. The predicted octanol–water partition coefficient (Wildman–Crippen LogP) is -3.20. The number of nitrogens with one attached hydrogen (secondary N) is 1. The van der Waals surface area contributed by atoms with E-state index in [0.29, 0.717) is 23.2 Å². The number of carboxylic acids is 4. The fourth-order valence-corrected chi connectivity index (χ4v) is 1.32. The summed E-state index contributed by atoms with van der Waals surface area (Å²) in [6, 6.07) is 0. The number of likely N-dealkylation sites (N-methyl/N-ethyl adjacent to an activating group) is 2. The molecule has 162 valence electrons. The average Bonchev–Trinajstić information content (AvgIpc) is 2.42. The van der Waals surface area contributed by atoms with Crippen molar-refractivity contribution in [2.45, 2.75) is 12.5 Å². The monoisotopic (exact) mass is 408 g/mol. The number of hydrogen-bond donors (Lipinski definition) is 6. The van der Waals surface area contributed by atoms with Crippen LogP contribution in [0.2, 0.25) is 0 Å². The van der Waals surface area contributed by atoms with Crippen molar-refractivity contribution in [3.63, 3.8) is 0 Å². The summed E-state index contributed by atoms with van der Waals surface area (Å²) in [5, 5.41) is 49.6. The number of carbonyl (C=O) groups is 4. The molecule has 0 aromatic heterocycles. The van der Waals surface area contributed by atoms with E-state index in [1.54, 1.807) is 0 Å². The van der Waals surface area contributed by atoms with Crippen LogP contribution in [0, 0.1) is 5.41 Å². The van der Waals surface area contributed by atoms with E-state index in [1.807, 2.05) is 21.1 Å². The van der Waals surface area contributed by atoms with Gasteiger partial charge in [-0.05, 0) is 0 Å². The van der Waals surface area contributed by atoms with Crippen molar-refractivity contribution in [1.29, 1.82) is 5.41 Å². The van der Waals surface area contributed by atoms with E-state index < -0.39 is 30.0 Å². The van der Waals surface area contributed by atoms with E-state index in [2.05, 4.69) is 0 Å². The highest BCUT2D eigenvalue weighted by atomic mass is 16.4. The Morgan fingerprint density at radius 3 is 1.68 bits per heavy atom. The zero-order valence-electron chi connectivity index (χ0n) is 16.2. The van der Waals surface area contributed by atoms with Gasteiger partial charge in [0.25, 0.3) is 0 Å². The number of quaternary nitrogens is 1. The Balaban J connectivity index is -0.000000340. The Bertz CT molecular complexity index is 554. The van der Waals surface area contributed by atoms with Crippen LogP contribution in [0.4, 0.5) is 0 Å². The van der Waals surface area contributed by atoms with Gasteiger partial charge in [0, 0.05) is 31.6 Å². The first-order valence-corrected chi connectivity index (χ1v) is 7.57. The minimum absolute atomic E-state index is 0.227. The summed E-state index contributed by atoms with van der Waals surface area (Å²) in [5.74, 6) is -4.95. The lowest BCUT2D eigenvalue weighted by atomic mass is 10.2. The van der Waals surface area contributed by atoms with Crippen molar-refractivity contribution in [1.82, 2.24) is 4.90 Å². The lowest BCUT2D eigenvalue weighted by Crippen LogP contribution is -2.43. The van der Waals surface area contributed by atoms with Crippen molar-refractivity contribution in [2.75, 3.05) is 41.3 Å². The lowest BCUT2D eigenvalue weighted by molar-refractivity contribution is -0.873. The van der Waals surface area contributed by atoms with Gasteiger partial charge in [0.2, 0.25) is 0 Å². The maximum atomic E-state index is 10.0. The van der Waals surface area contributed by atoms with Gasteiger partial charge >= 0.3 is 17.9 Å². The van der Waals surface area contributed by atoms with Crippen molar-refractivity contribution in [2.24, 2.45) is 5.73 Å². The molecule has 0 fully saturated rings. The van der Waals surface area contributed by atoms with Crippen LogP contribution in [0.25, 0.3) is 0 Å². The normalized spacial score (nSPS) is 11.2. The molecule has 1 atom stereocenters. The molecule has 0 aliphatic carbocycles. The first-order chi connectivity index (χ1) is 12.5. The molecule has 0 unspecified atom stereocenters. The first-order valence-electron chi connectivity index (χ1n) is 7.57. The maximum Gasteiger partial charge on any atom is 0.328 e. The standard InChI is InChI=1S/C7H15NO3.C4H9N3O2.C4H4O4/c1-8(2,3)5-6(9)4-7(10)11;1-7(4(5)6)2-3(8)9;5-3(6)1-2-4(7)8/h6,9H,4-5H2,1-3H3;2H2,1H3,(H3,5,6)(H,8,9);1-2H,(H,5,6)(H,7,8)/b;;2-1+/t6-;;/m1../s1. The molecule has 0 aromatic rings. The molecule has 0 amide bonds. The third-order valence-electron chi connectivity index (χ3n) is 2.31. The number of hydrogen-bond acceptors (Lipinski definition) is 7. The van der Waals surface area contributed by atoms with Gasteiger partial charge in [-0.1, -0.05) is 0 Å². The average molecular weight is 408 g/mol. The molecular formula is C15H28N4O9. The molecule has 7 N–H and O–H groups in total. The fraction of sp³-hybridized carbons (Fsp3) is 0.533. The highest BCUT2D eigenvalue weighted by molar-refractivity contribution is 5.89. The van der Waals surface area contributed by atoms with E-state index >= 15 is 0 Å². The Morgan fingerprint density at radius 1 is 1.11 bits per heavy atom. The molecule has 0 heterocycles. The number of nitrogens with two attached hydrogens (primary N) is 1. The van der Waals surface area contributed by atoms with Gasteiger partial charge in [-0.25, -0.2) is 9.59 Å². The van der Waals surface area contributed by atoms with Crippen LogP contribution in [-0.2, 0) is 19.2 Å². The third kappa shape index (κ3) is 30.7. The minimum atomic E-state index is -1.26. The van der Waals surface area contributed by atoms with Crippen LogP contribution < -0.4 is 10.8 Å². The van der Waals surface area contributed by atoms with Crippen molar-refractivity contribution >= 4 is 29.8 Å². The van der Waals surface area contributed by atoms with Crippen molar-refractivity contribution < 1.29 is 49.2 Å². The van der Waals surface area contributed by atoms with Gasteiger partial charge in [0.1, 0.15) is 19.2 Å². The predicted molar refractivity (Wildman–Crippen MR) is 95.1 cm³/mol. The van der Waals surface area contributed by atoms with Crippen LogP contribution in [-0.4, -0.2) is 107 Å². The van der Waals surface area contributed by atoms with E-state index in [0.717, 1.165) is 4.90 Å². The van der Waals surface area contributed by atoms with Gasteiger partial charge in [-0.3, -0.25) is 10.2 Å². The number of rotatable bonds is 8. The Morgan fingerprint density at radius 2 is 1.50 bits per heavy atom. The second-order valence-electron chi connectivity index (χ2n) is 6.35. The van der Waals surface area contributed by atoms with Gasteiger partial charge in [0.15, 0.2) is 5.96 Å². The highest BCUT2D eigenvalue weighted by Gasteiger charge is 2.14. The SMILES string of the molecule is CN(CC(=O)O)C(=N)N.C[N+](C)(C)C[C@H](O)CC(=O)[O-].O=C(O)/C=C/C(=O)O. The molecule has 0 bridgehead atoms. The number of aliphatic hydroxyl groups is 1. The van der Waals surface area contributed by atoms with E-state index in [9.17, 15) is 24.3 Å². The number of carboxylic acid groups (broad SMARTS) is 4. The summed E-state index contributed by atoms with van der Waals surface area (Å²) in [6.07, 6.45) is 0.0280. The van der Waals surface area contributed by atoms with Crippen LogP contribution in [0.1, 0.15) is 6.42 Å². The van der Waals surface area contributed by atoms with Crippen LogP contribution in [0.15, 0.2) is 12.2 Å². The summed E-state index contributed by atoms with van der Waals surface area (Å²) < 4.78 is 0.550. The van der Waals surface area contributed by atoms with Crippen molar-refractivity contribution in [3.05, 3.63) is 12.2 Å². The molecule has 13 heteroatoms. The molecule has 0 aliphatic heterocycles.